The number of rotatable bonds is 7. The SMILES string of the molecule is CCCCCC(C)(C)CNc1n[nH]c(=O)[nH]c1=O. The zero-order chi connectivity index (χ0) is 13.6. The lowest BCUT2D eigenvalue weighted by Crippen LogP contribution is -2.30. The minimum absolute atomic E-state index is 0.0967. The number of anilines is 1. The van der Waals surface area contributed by atoms with Crippen LogP contribution < -0.4 is 16.6 Å². The Labute approximate surface area is 106 Å². The Bertz CT molecular complexity index is 475. The molecule has 102 valence electrons. The van der Waals surface area contributed by atoms with Gasteiger partial charge in [0, 0.05) is 6.54 Å². The molecule has 1 aromatic rings. The molecule has 0 unspecified atom stereocenters. The number of nitrogens with zero attached hydrogens (tertiary/aromatic N) is 1. The van der Waals surface area contributed by atoms with Gasteiger partial charge in [-0.15, -0.1) is 5.10 Å². The molecule has 1 rings (SSSR count). The van der Waals surface area contributed by atoms with E-state index >= 15 is 0 Å². The van der Waals surface area contributed by atoms with Crippen LogP contribution in [0.1, 0.15) is 46.5 Å². The summed E-state index contributed by atoms with van der Waals surface area (Å²) in [5, 5.41) is 8.87. The van der Waals surface area contributed by atoms with E-state index in [2.05, 4.69) is 41.3 Å². The molecule has 0 fully saturated rings. The summed E-state index contributed by atoms with van der Waals surface area (Å²) in [5.41, 5.74) is -0.977. The van der Waals surface area contributed by atoms with Crippen molar-refractivity contribution in [1.82, 2.24) is 15.2 Å². The van der Waals surface area contributed by atoms with Gasteiger partial charge in [0.15, 0.2) is 0 Å². The van der Waals surface area contributed by atoms with Gasteiger partial charge >= 0.3 is 5.69 Å². The number of unbranched alkanes of at least 4 members (excludes halogenated alkanes) is 2. The van der Waals surface area contributed by atoms with E-state index in [1.165, 1.54) is 19.3 Å². The summed E-state index contributed by atoms with van der Waals surface area (Å²) in [6.45, 7) is 7.12. The van der Waals surface area contributed by atoms with Crippen LogP contribution in [-0.4, -0.2) is 21.7 Å². The first-order valence-electron chi connectivity index (χ1n) is 6.37. The van der Waals surface area contributed by atoms with Crippen LogP contribution in [0.4, 0.5) is 5.82 Å². The fourth-order valence-electron chi connectivity index (χ4n) is 1.73. The standard InChI is InChI=1S/C12H22N4O2/c1-4-5-6-7-12(2,3)8-13-9-10(17)14-11(18)16-15-9/h4-8H2,1-3H3,(H,13,15)(H2,14,16,17,18). The van der Waals surface area contributed by atoms with Gasteiger partial charge in [0.25, 0.3) is 5.56 Å². The molecular weight excluding hydrogens is 232 g/mol. The molecule has 1 aromatic heterocycles. The number of nitrogens with one attached hydrogen (secondary N) is 3. The van der Waals surface area contributed by atoms with Crippen molar-refractivity contribution in [1.29, 1.82) is 0 Å². The number of hydrogen-bond donors (Lipinski definition) is 3. The summed E-state index contributed by atoms with van der Waals surface area (Å²) in [5.74, 6) is 0.165. The number of hydrogen-bond acceptors (Lipinski definition) is 4. The normalized spacial score (nSPS) is 11.5. The number of aromatic nitrogens is 3. The monoisotopic (exact) mass is 254 g/mol. The summed E-state index contributed by atoms with van der Waals surface area (Å²) >= 11 is 0. The molecule has 0 bridgehead atoms. The first-order valence-corrected chi connectivity index (χ1v) is 6.37. The average Bonchev–Trinajstić information content (AvgIpc) is 2.28. The van der Waals surface area contributed by atoms with Crippen molar-refractivity contribution >= 4 is 5.82 Å². The Kier molecular flexibility index (Phi) is 5.12. The predicted molar refractivity (Wildman–Crippen MR) is 71.9 cm³/mol. The van der Waals surface area contributed by atoms with Gasteiger partial charge in [0.05, 0.1) is 0 Å². The van der Waals surface area contributed by atoms with Gasteiger partial charge in [0.1, 0.15) is 0 Å². The third-order valence-electron chi connectivity index (χ3n) is 2.90. The fraction of sp³-hybridized carbons (Fsp3) is 0.750. The molecule has 0 aromatic carbocycles. The van der Waals surface area contributed by atoms with E-state index in [0.29, 0.717) is 6.54 Å². The van der Waals surface area contributed by atoms with Crippen LogP contribution in [0.3, 0.4) is 0 Å². The van der Waals surface area contributed by atoms with Crippen molar-refractivity contribution in [2.75, 3.05) is 11.9 Å². The molecule has 0 radical (unpaired) electrons. The van der Waals surface area contributed by atoms with E-state index in [4.69, 9.17) is 0 Å². The van der Waals surface area contributed by atoms with E-state index in [1.807, 2.05) is 0 Å². The zero-order valence-corrected chi connectivity index (χ0v) is 11.3. The molecule has 0 aliphatic rings. The molecule has 6 nitrogen and oxygen atoms in total. The smallest absolute Gasteiger partial charge is 0.342 e. The number of H-pyrrole nitrogens is 2. The fourth-order valence-corrected chi connectivity index (χ4v) is 1.73. The largest absolute Gasteiger partial charge is 0.364 e. The first kappa shape index (κ1) is 14.5. The second-order valence-electron chi connectivity index (χ2n) is 5.33. The quantitative estimate of drug-likeness (QED) is 0.643. The summed E-state index contributed by atoms with van der Waals surface area (Å²) in [7, 11) is 0. The lowest BCUT2D eigenvalue weighted by molar-refractivity contribution is 0.342. The molecule has 18 heavy (non-hydrogen) atoms. The highest BCUT2D eigenvalue weighted by Crippen LogP contribution is 2.23. The second kappa shape index (κ2) is 6.37. The maximum atomic E-state index is 11.4. The molecule has 0 aliphatic heterocycles. The predicted octanol–water partition coefficient (Wildman–Crippen LogP) is 1.48. The maximum Gasteiger partial charge on any atom is 0.342 e. The van der Waals surface area contributed by atoms with Gasteiger partial charge in [-0.05, 0) is 11.8 Å². The van der Waals surface area contributed by atoms with E-state index in [0.717, 1.165) is 6.42 Å². The molecule has 6 heteroatoms. The molecule has 0 amide bonds. The Morgan fingerprint density at radius 3 is 2.61 bits per heavy atom. The van der Waals surface area contributed by atoms with Gasteiger partial charge in [-0.2, -0.15) is 0 Å². The Morgan fingerprint density at radius 2 is 2.00 bits per heavy atom. The maximum absolute atomic E-state index is 11.4. The second-order valence-corrected chi connectivity index (χ2v) is 5.33. The van der Waals surface area contributed by atoms with Crippen LogP contribution in [0.5, 0.6) is 0 Å². The van der Waals surface area contributed by atoms with Crippen molar-refractivity contribution < 1.29 is 0 Å². The molecule has 1 heterocycles. The van der Waals surface area contributed by atoms with E-state index in [9.17, 15) is 9.59 Å². The molecule has 0 atom stereocenters. The van der Waals surface area contributed by atoms with Crippen LogP contribution >= 0.6 is 0 Å². The molecular formula is C12H22N4O2. The topological polar surface area (TPSA) is 90.6 Å². The van der Waals surface area contributed by atoms with Gasteiger partial charge < -0.3 is 5.32 Å². The average molecular weight is 254 g/mol. The van der Waals surface area contributed by atoms with Crippen molar-refractivity contribution in [3.8, 4) is 0 Å². The van der Waals surface area contributed by atoms with Crippen molar-refractivity contribution in [3.05, 3.63) is 20.8 Å². The van der Waals surface area contributed by atoms with Crippen LogP contribution in [0.15, 0.2) is 9.59 Å². The van der Waals surface area contributed by atoms with Crippen LogP contribution in [0, 0.1) is 5.41 Å². The lowest BCUT2D eigenvalue weighted by Gasteiger charge is -2.24. The Hall–Kier alpha value is -1.59. The van der Waals surface area contributed by atoms with Crippen molar-refractivity contribution in [3.63, 3.8) is 0 Å². The molecule has 0 saturated heterocycles. The number of aromatic amines is 2. The van der Waals surface area contributed by atoms with E-state index in [1.54, 1.807) is 0 Å². The minimum Gasteiger partial charge on any atom is -0.364 e. The summed E-state index contributed by atoms with van der Waals surface area (Å²) in [4.78, 5) is 24.4. The van der Waals surface area contributed by atoms with E-state index < -0.39 is 11.2 Å². The van der Waals surface area contributed by atoms with Crippen molar-refractivity contribution in [2.24, 2.45) is 5.41 Å². The van der Waals surface area contributed by atoms with Crippen LogP contribution in [-0.2, 0) is 0 Å². The molecule has 0 spiro atoms. The van der Waals surface area contributed by atoms with Crippen LogP contribution in [0.2, 0.25) is 0 Å². The van der Waals surface area contributed by atoms with Gasteiger partial charge in [-0.1, -0.05) is 40.0 Å². The van der Waals surface area contributed by atoms with E-state index in [-0.39, 0.29) is 11.2 Å². The highest BCUT2D eigenvalue weighted by Gasteiger charge is 2.17. The Balaban J connectivity index is 2.53. The Morgan fingerprint density at radius 1 is 1.28 bits per heavy atom. The van der Waals surface area contributed by atoms with Gasteiger partial charge in [-0.3, -0.25) is 9.78 Å². The molecule has 0 saturated carbocycles. The highest BCUT2D eigenvalue weighted by molar-refractivity contribution is 5.28. The van der Waals surface area contributed by atoms with Crippen LogP contribution in [0.25, 0.3) is 0 Å². The third-order valence-corrected chi connectivity index (χ3v) is 2.90. The molecule has 0 aliphatic carbocycles. The molecule has 3 N–H and O–H groups in total. The summed E-state index contributed by atoms with van der Waals surface area (Å²) < 4.78 is 0. The lowest BCUT2D eigenvalue weighted by atomic mass is 9.87. The van der Waals surface area contributed by atoms with Gasteiger partial charge in [0.2, 0.25) is 5.82 Å². The summed E-state index contributed by atoms with van der Waals surface area (Å²) in [6, 6.07) is 0. The van der Waals surface area contributed by atoms with Crippen molar-refractivity contribution in [2.45, 2.75) is 46.5 Å². The van der Waals surface area contributed by atoms with Gasteiger partial charge in [-0.25, -0.2) is 9.89 Å². The zero-order valence-electron chi connectivity index (χ0n) is 11.3. The highest BCUT2D eigenvalue weighted by atomic mass is 16.2. The third kappa shape index (κ3) is 4.73. The minimum atomic E-state index is -0.590. The first-order chi connectivity index (χ1) is 8.44. The summed E-state index contributed by atoms with van der Waals surface area (Å²) in [6.07, 6.45) is 4.70.